The van der Waals surface area contributed by atoms with Gasteiger partial charge in [-0.05, 0) is 60.8 Å². The van der Waals surface area contributed by atoms with Gasteiger partial charge in [-0.1, -0.05) is 0 Å². The minimum atomic E-state index is 0. The van der Waals surface area contributed by atoms with E-state index in [2.05, 4.69) is 68.5 Å². The maximum atomic E-state index is 3.04. The first-order valence-electron chi connectivity index (χ1n) is 10.7. The van der Waals surface area contributed by atoms with E-state index < -0.39 is 0 Å². The van der Waals surface area contributed by atoms with Crippen molar-refractivity contribution >= 4 is 0 Å². The normalized spacial score (nSPS) is 4.75. The minimum Gasteiger partial charge on any atom is -2.00 e. The van der Waals surface area contributed by atoms with E-state index in [1.165, 1.54) is 35.1 Å². The van der Waals surface area contributed by atoms with Gasteiger partial charge in [-0.3, -0.25) is 0 Å². The van der Waals surface area contributed by atoms with Crippen LogP contribution in [-0.2, 0) is 337 Å². The molecule has 0 saturated carbocycles. The molecule has 0 aromatic carbocycles. The fraction of sp³-hybridized carbons (Fsp3) is 0.231. The van der Waals surface area contributed by atoms with Gasteiger partial charge in [-0.25, -0.2) is 19.9 Å². The number of hydrogen-bond donors (Lipinski definition) is 0. The second-order valence-corrected chi connectivity index (χ2v) is 7.34. The van der Waals surface area contributed by atoms with Crippen LogP contribution in [0.15, 0.2) is 98.1 Å². The molecule has 408 valence electrons. The van der Waals surface area contributed by atoms with Crippen molar-refractivity contribution in [1.29, 1.82) is 0 Å². The molecule has 0 unspecified atom stereocenters. The summed E-state index contributed by atoms with van der Waals surface area (Å²) in [5.41, 5.74) is 5.60. The van der Waals surface area contributed by atoms with E-state index in [4.69, 9.17) is 0 Å². The second-order valence-electron chi connectivity index (χ2n) is 7.34. The fourth-order valence-corrected chi connectivity index (χ4v) is 3.35. The quantitative estimate of drug-likeness (QED) is 0.208. The fourth-order valence-electron chi connectivity index (χ4n) is 3.35. The molecule has 4 aromatic rings. The van der Waals surface area contributed by atoms with E-state index >= 15 is 0 Å². The first-order chi connectivity index (χ1) is 14.9. The number of hydrogen-bond acceptors (Lipinski definition) is 0. The molecule has 38 heteroatoms. The van der Waals surface area contributed by atoms with Gasteiger partial charge in [0.1, 0.15) is 0 Å². The number of rotatable bonds is 8. The van der Waals surface area contributed by atoms with Crippen LogP contribution in [0.4, 0.5) is 0 Å². The van der Waals surface area contributed by atoms with Gasteiger partial charge < -0.3 is 142 Å². The minimum absolute atomic E-state index is 0. The summed E-state index contributed by atoms with van der Waals surface area (Å²) in [5.74, 6) is 0. The Kier molecular flexibility index (Phi) is 637. The molecule has 4 rings (SSSR count). The molecule has 0 aliphatic rings. The molecular formula is C26H32Mo8N4O26-48. The van der Waals surface area contributed by atoms with Crippen molar-refractivity contribution in [3.8, 4) is 0 Å². The van der Waals surface area contributed by atoms with Crippen LogP contribution < -0.4 is 19.9 Å². The number of aromatic nitrogens is 4. The third kappa shape index (κ3) is 120. The van der Waals surface area contributed by atoms with E-state index in [-0.39, 0.29) is 311 Å². The van der Waals surface area contributed by atoms with Gasteiger partial charge in [0, 0.05) is 217 Å². The summed E-state index contributed by atoms with van der Waals surface area (Å²) in [7, 11) is 0. The third-order valence-corrected chi connectivity index (χ3v) is 5.01. The van der Waals surface area contributed by atoms with Crippen LogP contribution >= 0.6 is 0 Å². The number of nitrogens with one attached hydrogen (secondary N) is 4. The maximum absolute atomic E-state index is 3.04. The largest absolute Gasteiger partial charge is 2.00 e. The van der Waals surface area contributed by atoms with Crippen molar-refractivity contribution in [1.82, 2.24) is 0 Å². The first kappa shape index (κ1) is 244. The average Bonchev–Trinajstić information content (AvgIpc) is 2.82. The van der Waals surface area contributed by atoms with Crippen molar-refractivity contribution in [2.75, 3.05) is 0 Å². The van der Waals surface area contributed by atoms with Crippen molar-refractivity contribution in [3.05, 3.63) is 120 Å². The van der Waals surface area contributed by atoms with Crippen LogP contribution in [0.5, 0.6) is 0 Å². The molecule has 4 heterocycles. The second kappa shape index (κ2) is 167. The Morgan fingerprint density at radius 1 is 0.188 bits per heavy atom. The molecule has 4 aromatic heterocycles. The van der Waals surface area contributed by atoms with Gasteiger partial charge in [-0.2, -0.15) is 0 Å². The van der Waals surface area contributed by atoms with Crippen LogP contribution in [0.25, 0.3) is 0 Å². The SMILES string of the molecule is [Mo].[Mo].[Mo].[Mo].[Mo].[Mo].[Mo].[Mo].[O-2].[O-2].[O-2].[O-2].[O-2].[O-2].[O-2].[O-2].[O-2].[O-2].[O-2].[O-2].[O-2].[O-2].[O-2].[O-2].[O-2].[O-2].[O-2].[O-2].[O-2].[O-2].[O-2].[O-2].[O-2].[O-2].c1cc(CCCc2cc[nH+]cc2)cc[nH+]1.c1cc(CCCc2cc[nH+]cc2)cc[nH+]1. The average molecular weight is 1580 g/mol. The van der Waals surface area contributed by atoms with Crippen LogP contribution in [-0.4, -0.2) is 0 Å². The molecule has 0 aliphatic carbocycles. The monoisotopic (exact) mass is 1600 g/mol. The zero-order valence-corrected chi connectivity index (χ0v) is 47.4. The molecule has 0 amide bonds. The van der Waals surface area contributed by atoms with Gasteiger partial charge in [-0.15, -0.1) is 0 Å². The predicted octanol–water partition coefficient (Wildman–Crippen LogP) is -0.129. The van der Waals surface area contributed by atoms with Crippen molar-refractivity contribution in [2.45, 2.75) is 38.5 Å². The third-order valence-electron chi connectivity index (χ3n) is 5.01. The Morgan fingerprint density at radius 2 is 0.281 bits per heavy atom. The Morgan fingerprint density at radius 3 is 0.375 bits per heavy atom. The van der Waals surface area contributed by atoms with Gasteiger partial charge in [0.2, 0.25) is 0 Å². The van der Waals surface area contributed by atoms with Gasteiger partial charge in [0.05, 0.1) is 0 Å². The molecule has 0 fully saturated rings. The van der Waals surface area contributed by atoms with Crippen molar-refractivity contribution < 1.29 is 331 Å². The summed E-state index contributed by atoms with van der Waals surface area (Å²) in [6.07, 6.45) is 22.8. The van der Waals surface area contributed by atoms with Gasteiger partial charge in [0.25, 0.3) is 0 Å². The Bertz CT molecular complexity index is 860. The van der Waals surface area contributed by atoms with Crippen LogP contribution in [0.3, 0.4) is 0 Å². The molecule has 0 saturated heterocycles. The van der Waals surface area contributed by atoms with E-state index in [1.807, 2.05) is 49.6 Å². The molecule has 0 spiro atoms. The molecule has 0 radical (unpaired) electrons. The van der Waals surface area contributed by atoms with E-state index in [1.54, 1.807) is 0 Å². The zero-order chi connectivity index (χ0) is 20.7. The van der Waals surface area contributed by atoms with Crippen LogP contribution in [0.1, 0.15) is 35.1 Å². The van der Waals surface area contributed by atoms with E-state index in [0.717, 1.165) is 25.7 Å². The van der Waals surface area contributed by atoms with Crippen LogP contribution in [0.2, 0.25) is 0 Å². The number of aryl methyl sites for hydroxylation is 4. The summed E-state index contributed by atoms with van der Waals surface area (Å²) in [4.78, 5) is 12.1. The topological polar surface area (TPSA) is 798 Å². The standard InChI is InChI=1S/2C13H14N2.8Mo.26O/c2*1(2-12-4-8-14-9-5-12)3-13-6-10-15-11-7-13;;;;;;;;;;;;;;;;;;;;;;;;;;;;;;;;;;/h2*4-11H,1-3H2;;;;;;;;;;;;;;;;;;;;;;;;;;;;;;;;;;/q;;;;;;;;;;26*-2/p+4. The maximum Gasteiger partial charge on any atom is 0.167 e. The molecule has 0 bridgehead atoms. The number of pyridine rings is 4. The van der Waals surface area contributed by atoms with E-state index in [9.17, 15) is 0 Å². The van der Waals surface area contributed by atoms with E-state index in [0.29, 0.717) is 0 Å². The molecule has 30 nitrogen and oxygen atoms in total. The molecule has 0 aliphatic heterocycles. The summed E-state index contributed by atoms with van der Waals surface area (Å²) in [5, 5.41) is 0. The molecular weight excluding hydrogens is 1550 g/mol. The smallest absolute Gasteiger partial charge is 0.167 e. The molecule has 4 N–H and O–H groups in total. The summed E-state index contributed by atoms with van der Waals surface area (Å²) < 4.78 is 0. The number of H-pyrrole nitrogens is 4. The summed E-state index contributed by atoms with van der Waals surface area (Å²) >= 11 is 0. The molecule has 64 heavy (non-hydrogen) atoms. The number of aromatic amines is 4. The van der Waals surface area contributed by atoms with Crippen molar-refractivity contribution in [2.24, 2.45) is 0 Å². The predicted molar refractivity (Wildman–Crippen MR) is 134 cm³/mol. The summed E-state index contributed by atoms with van der Waals surface area (Å²) in [6, 6.07) is 17.1. The van der Waals surface area contributed by atoms with Gasteiger partial charge >= 0.3 is 0 Å². The Labute approximate surface area is 484 Å². The Hall–Kier alpha value is 1.07. The van der Waals surface area contributed by atoms with Gasteiger partial charge in [0.15, 0.2) is 49.6 Å². The molecule has 0 atom stereocenters. The first-order valence-corrected chi connectivity index (χ1v) is 10.7. The summed E-state index contributed by atoms with van der Waals surface area (Å²) in [6.45, 7) is 0. The zero-order valence-electron chi connectivity index (χ0n) is 31.4. The Balaban J connectivity index is -0.00000000697. The van der Waals surface area contributed by atoms with Crippen molar-refractivity contribution in [3.63, 3.8) is 0 Å². The van der Waals surface area contributed by atoms with Crippen LogP contribution in [0, 0.1) is 0 Å².